The second kappa shape index (κ2) is 6.85. The Labute approximate surface area is 112 Å². The van der Waals surface area contributed by atoms with Crippen LogP contribution in [0.1, 0.15) is 30.0 Å². The molecule has 4 nitrogen and oxygen atoms in total. The third-order valence-corrected chi connectivity index (χ3v) is 3.67. The minimum Gasteiger partial charge on any atom is -0.381 e. The third kappa shape index (κ3) is 5.14. The van der Waals surface area contributed by atoms with Crippen LogP contribution in [0.5, 0.6) is 0 Å². The molecule has 5 heteroatoms. The van der Waals surface area contributed by atoms with E-state index < -0.39 is 0 Å². The molecule has 0 atom stereocenters. The van der Waals surface area contributed by atoms with Gasteiger partial charge in [-0.2, -0.15) is 0 Å². The lowest BCUT2D eigenvalue weighted by molar-refractivity contribution is -0.120. The van der Waals surface area contributed by atoms with E-state index in [4.69, 9.17) is 4.74 Å². The molecule has 18 heavy (non-hydrogen) atoms. The molecule has 1 saturated carbocycles. The summed E-state index contributed by atoms with van der Waals surface area (Å²) in [6, 6.07) is 0. The van der Waals surface area contributed by atoms with Crippen molar-refractivity contribution in [1.29, 1.82) is 0 Å². The van der Waals surface area contributed by atoms with Gasteiger partial charge in [0.25, 0.3) is 0 Å². The van der Waals surface area contributed by atoms with Gasteiger partial charge >= 0.3 is 0 Å². The molecule has 1 amide bonds. The Kier molecular flexibility index (Phi) is 5.13. The highest BCUT2D eigenvalue weighted by atomic mass is 32.1. The number of hydrogen-bond donors (Lipinski definition) is 1. The van der Waals surface area contributed by atoms with Gasteiger partial charge in [0.2, 0.25) is 5.91 Å². The highest BCUT2D eigenvalue weighted by molar-refractivity contribution is 7.09. The molecule has 0 bridgehead atoms. The summed E-state index contributed by atoms with van der Waals surface area (Å²) in [4.78, 5) is 15.9. The number of aryl methyl sites for hydroxylation is 1. The molecule has 0 radical (unpaired) electrons. The van der Waals surface area contributed by atoms with Crippen molar-refractivity contribution >= 4 is 17.2 Å². The number of carbonyl (C=O) groups excluding carboxylic acids is 1. The first-order chi connectivity index (χ1) is 8.74. The monoisotopic (exact) mass is 268 g/mol. The molecule has 1 aromatic rings. The summed E-state index contributed by atoms with van der Waals surface area (Å²) in [6.07, 6.45) is 3.91. The van der Waals surface area contributed by atoms with Crippen molar-refractivity contribution in [3.63, 3.8) is 0 Å². The van der Waals surface area contributed by atoms with E-state index >= 15 is 0 Å². The normalized spacial score (nSPS) is 14.7. The van der Waals surface area contributed by atoms with Crippen LogP contribution in [0.2, 0.25) is 0 Å². The van der Waals surface area contributed by atoms with Crippen molar-refractivity contribution in [2.24, 2.45) is 5.92 Å². The lowest BCUT2D eigenvalue weighted by Gasteiger charge is -2.05. The maximum Gasteiger partial charge on any atom is 0.226 e. The Morgan fingerprint density at radius 1 is 1.61 bits per heavy atom. The number of rotatable bonds is 8. The lowest BCUT2D eigenvalue weighted by atomic mass is 10.3. The number of amides is 1. The van der Waals surface area contributed by atoms with E-state index in [1.165, 1.54) is 12.8 Å². The van der Waals surface area contributed by atoms with Gasteiger partial charge in [0.05, 0.1) is 17.1 Å². The molecule has 2 rings (SSSR count). The van der Waals surface area contributed by atoms with Gasteiger partial charge in [-0.05, 0) is 32.1 Å². The van der Waals surface area contributed by atoms with E-state index in [9.17, 15) is 4.79 Å². The van der Waals surface area contributed by atoms with Crippen LogP contribution in [0.4, 0.5) is 0 Å². The van der Waals surface area contributed by atoms with Gasteiger partial charge < -0.3 is 10.1 Å². The van der Waals surface area contributed by atoms with E-state index in [0.717, 1.165) is 36.3 Å². The molecular weight excluding hydrogens is 248 g/mol. The SMILES string of the molecule is Cc1nc(CC(=O)NCCCOCC2CC2)cs1. The summed E-state index contributed by atoms with van der Waals surface area (Å²) in [5, 5.41) is 5.83. The van der Waals surface area contributed by atoms with E-state index in [-0.39, 0.29) is 5.91 Å². The summed E-state index contributed by atoms with van der Waals surface area (Å²) in [7, 11) is 0. The highest BCUT2D eigenvalue weighted by Gasteiger charge is 2.20. The number of nitrogens with zero attached hydrogens (tertiary/aromatic N) is 1. The van der Waals surface area contributed by atoms with E-state index in [1.54, 1.807) is 11.3 Å². The van der Waals surface area contributed by atoms with Gasteiger partial charge in [0.15, 0.2) is 0 Å². The minimum atomic E-state index is 0.0440. The predicted molar refractivity (Wildman–Crippen MR) is 71.7 cm³/mol. The lowest BCUT2D eigenvalue weighted by Crippen LogP contribution is -2.27. The van der Waals surface area contributed by atoms with Crippen LogP contribution in [0, 0.1) is 12.8 Å². The van der Waals surface area contributed by atoms with Crippen LogP contribution >= 0.6 is 11.3 Å². The largest absolute Gasteiger partial charge is 0.381 e. The first kappa shape index (κ1) is 13.5. The standard InChI is InChI=1S/C13H20N2O2S/c1-10-15-12(9-18-10)7-13(16)14-5-2-6-17-8-11-3-4-11/h9,11H,2-8H2,1H3,(H,14,16). The fraction of sp³-hybridized carbons (Fsp3) is 0.692. The zero-order valence-electron chi connectivity index (χ0n) is 10.8. The molecular formula is C13H20N2O2S. The second-order valence-electron chi connectivity index (χ2n) is 4.76. The molecule has 100 valence electrons. The van der Waals surface area contributed by atoms with Gasteiger partial charge in [-0.15, -0.1) is 11.3 Å². The fourth-order valence-electron chi connectivity index (χ4n) is 1.65. The van der Waals surface area contributed by atoms with Crippen LogP contribution < -0.4 is 5.32 Å². The molecule has 0 spiro atoms. The maximum absolute atomic E-state index is 11.6. The van der Waals surface area contributed by atoms with Gasteiger partial charge in [0, 0.05) is 25.1 Å². The van der Waals surface area contributed by atoms with Crippen molar-refractivity contribution in [3.05, 3.63) is 16.1 Å². The average Bonchev–Trinajstić information content (AvgIpc) is 3.07. The van der Waals surface area contributed by atoms with Gasteiger partial charge in [-0.25, -0.2) is 4.98 Å². The smallest absolute Gasteiger partial charge is 0.226 e. The molecule has 1 heterocycles. The second-order valence-corrected chi connectivity index (χ2v) is 5.82. The summed E-state index contributed by atoms with van der Waals surface area (Å²) in [5.74, 6) is 0.856. The number of carbonyl (C=O) groups is 1. The first-order valence-electron chi connectivity index (χ1n) is 6.49. The Morgan fingerprint density at radius 2 is 2.44 bits per heavy atom. The summed E-state index contributed by atoms with van der Waals surface area (Å²) < 4.78 is 5.50. The van der Waals surface area contributed by atoms with Crippen molar-refractivity contribution in [2.75, 3.05) is 19.8 Å². The van der Waals surface area contributed by atoms with Crippen molar-refractivity contribution < 1.29 is 9.53 Å². The van der Waals surface area contributed by atoms with Crippen LogP contribution in [0.15, 0.2) is 5.38 Å². The summed E-state index contributed by atoms with van der Waals surface area (Å²) in [5.41, 5.74) is 0.861. The van der Waals surface area contributed by atoms with E-state index in [2.05, 4.69) is 10.3 Å². The Morgan fingerprint density at radius 3 is 3.11 bits per heavy atom. The summed E-state index contributed by atoms with van der Waals surface area (Å²) >= 11 is 1.58. The number of thiazole rings is 1. The highest BCUT2D eigenvalue weighted by Crippen LogP contribution is 2.28. The number of hydrogen-bond acceptors (Lipinski definition) is 4. The molecule has 0 aliphatic heterocycles. The van der Waals surface area contributed by atoms with Crippen molar-refractivity contribution in [1.82, 2.24) is 10.3 Å². The molecule has 1 aromatic heterocycles. The molecule has 1 aliphatic carbocycles. The molecule has 1 N–H and O–H groups in total. The first-order valence-corrected chi connectivity index (χ1v) is 7.37. The number of ether oxygens (including phenoxy) is 1. The van der Waals surface area contributed by atoms with Gasteiger partial charge in [-0.3, -0.25) is 4.79 Å². The minimum absolute atomic E-state index is 0.0440. The Bertz CT molecular complexity index is 388. The zero-order chi connectivity index (χ0) is 12.8. The topological polar surface area (TPSA) is 51.2 Å². The van der Waals surface area contributed by atoms with Crippen molar-refractivity contribution in [3.8, 4) is 0 Å². The van der Waals surface area contributed by atoms with Crippen LogP contribution in [0.3, 0.4) is 0 Å². The average molecular weight is 268 g/mol. The predicted octanol–water partition coefficient (Wildman–Crippen LogP) is 1.93. The Hall–Kier alpha value is -0.940. The molecule has 0 saturated heterocycles. The number of nitrogens with one attached hydrogen (secondary N) is 1. The van der Waals surface area contributed by atoms with Crippen LogP contribution in [0.25, 0.3) is 0 Å². The fourth-order valence-corrected chi connectivity index (χ4v) is 2.27. The molecule has 1 fully saturated rings. The quantitative estimate of drug-likeness (QED) is 0.733. The molecule has 1 aliphatic rings. The van der Waals surface area contributed by atoms with Crippen LogP contribution in [-0.2, 0) is 16.0 Å². The summed E-state index contributed by atoms with van der Waals surface area (Å²) in [6.45, 7) is 4.27. The maximum atomic E-state index is 11.6. The Balaban J connectivity index is 1.48. The zero-order valence-corrected chi connectivity index (χ0v) is 11.6. The molecule has 0 aromatic carbocycles. The van der Waals surface area contributed by atoms with E-state index in [1.807, 2.05) is 12.3 Å². The van der Waals surface area contributed by atoms with Crippen molar-refractivity contribution in [2.45, 2.75) is 32.6 Å². The van der Waals surface area contributed by atoms with Crippen LogP contribution in [-0.4, -0.2) is 30.6 Å². The van der Waals surface area contributed by atoms with E-state index in [0.29, 0.717) is 13.0 Å². The van der Waals surface area contributed by atoms with Gasteiger partial charge in [0.1, 0.15) is 0 Å². The third-order valence-electron chi connectivity index (χ3n) is 2.85. The molecule has 0 unspecified atom stereocenters. The number of aromatic nitrogens is 1. The van der Waals surface area contributed by atoms with Gasteiger partial charge in [-0.1, -0.05) is 0 Å².